The van der Waals surface area contributed by atoms with Gasteiger partial charge in [0, 0.05) is 24.5 Å². The Hall–Kier alpha value is -2.36. The first kappa shape index (κ1) is 14.2. The Balaban J connectivity index is 1.71. The number of rotatable bonds is 3. The standard InChI is InChI=1S/C17H12N4S2/c1-22-17-20-14-3-2-11(7-15(14)23-17)6-13-10-19-16-8-12(9-18)4-5-21(13)16/h2-5,7-8,10H,6H2,1H3. The van der Waals surface area contributed by atoms with Crippen molar-refractivity contribution in [3.63, 3.8) is 0 Å². The normalized spacial score (nSPS) is 11.1. The van der Waals surface area contributed by atoms with Crippen molar-refractivity contribution in [2.45, 2.75) is 10.8 Å². The van der Waals surface area contributed by atoms with Crippen LogP contribution in [-0.4, -0.2) is 20.6 Å². The Morgan fingerprint density at radius 2 is 2.22 bits per heavy atom. The van der Waals surface area contributed by atoms with Gasteiger partial charge in [0.2, 0.25) is 0 Å². The van der Waals surface area contributed by atoms with E-state index in [0.717, 1.165) is 27.6 Å². The second kappa shape index (κ2) is 5.69. The van der Waals surface area contributed by atoms with Crippen molar-refractivity contribution in [3.05, 3.63) is 59.5 Å². The van der Waals surface area contributed by atoms with Gasteiger partial charge in [0.1, 0.15) is 5.65 Å². The predicted molar refractivity (Wildman–Crippen MR) is 94.1 cm³/mol. The molecule has 0 amide bonds. The molecular weight excluding hydrogens is 324 g/mol. The fraction of sp³-hybridized carbons (Fsp3) is 0.118. The van der Waals surface area contributed by atoms with Gasteiger partial charge in [0.05, 0.1) is 21.8 Å². The Labute approximate surface area is 141 Å². The van der Waals surface area contributed by atoms with E-state index in [0.29, 0.717) is 5.56 Å². The largest absolute Gasteiger partial charge is 0.304 e. The lowest BCUT2D eigenvalue weighted by Crippen LogP contribution is -1.94. The highest BCUT2D eigenvalue weighted by molar-refractivity contribution is 8.00. The molecule has 0 radical (unpaired) electrons. The van der Waals surface area contributed by atoms with Crippen molar-refractivity contribution in [3.8, 4) is 6.07 Å². The van der Waals surface area contributed by atoms with Crippen molar-refractivity contribution in [2.75, 3.05) is 6.26 Å². The summed E-state index contributed by atoms with van der Waals surface area (Å²) in [6.07, 6.45) is 6.63. The number of imidazole rings is 1. The van der Waals surface area contributed by atoms with Gasteiger partial charge in [-0.2, -0.15) is 5.26 Å². The van der Waals surface area contributed by atoms with E-state index < -0.39 is 0 Å². The third-order valence-corrected chi connectivity index (χ3v) is 5.72. The lowest BCUT2D eigenvalue weighted by Gasteiger charge is -2.02. The van der Waals surface area contributed by atoms with Crippen LogP contribution in [0.3, 0.4) is 0 Å². The maximum atomic E-state index is 8.97. The van der Waals surface area contributed by atoms with E-state index in [1.165, 1.54) is 10.3 Å². The molecule has 0 bridgehead atoms. The van der Waals surface area contributed by atoms with Crippen LogP contribution < -0.4 is 0 Å². The number of pyridine rings is 1. The summed E-state index contributed by atoms with van der Waals surface area (Å²) in [6.45, 7) is 0. The minimum atomic E-state index is 0.630. The molecule has 0 fully saturated rings. The first-order valence-corrected chi connectivity index (χ1v) is 9.10. The Kier molecular flexibility index (Phi) is 3.52. The fourth-order valence-corrected chi connectivity index (χ4v) is 4.14. The highest BCUT2D eigenvalue weighted by atomic mass is 32.2. The van der Waals surface area contributed by atoms with E-state index in [-0.39, 0.29) is 0 Å². The molecule has 0 aliphatic carbocycles. The second-order valence-electron chi connectivity index (χ2n) is 5.17. The van der Waals surface area contributed by atoms with Gasteiger partial charge < -0.3 is 4.40 Å². The second-order valence-corrected chi connectivity index (χ2v) is 7.25. The molecule has 4 nitrogen and oxygen atoms in total. The summed E-state index contributed by atoms with van der Waals surface area (Å²) in [4.78, 5) is 8.97. The van der Waals surface area contributed by atoms with Gasteiger partial charge in [-0.1, -0.05) is 17.8 Å². The van der Waals surface area contributed by atoms with Gasteiger partial charge >= 0.3 is 0 Å². The van der Waals surface area contributed by atoms with Gasteiger partial charge in [0.25, 0.3) is 0 Å². The van der Waals surface area contributed by atoms with Crippen LogP contribution >= 0.6 is 23.1 Å². The smallest absolute Gasteiger partial charge is 0.150 e. The zero-order valence-electron chi connectivity index (χ0n) is 12.4. The number of thiazole rings is 1. The first-order chi connectivity index (χ1) is 11.3. The summed E-state index contributed by atoms with van der Waals surface area (Å²) < 4.78 is 4.34. The van der Waals surface area contributed by atoms with Crippen LogP contribution in [0.4, 0.5) is 0 Å². The number of benzene rings is 1. The van der Waals surface area contributed by atoms with Crippen LogP contribution in [0, 0.1) is 11.3 Å². The molecule has 112 valence electrons. The molecule has 0 saturated heterocycles. The van der Waals surface area contributed by atoms with Crippen molar-refractivity contribution in [1.29, 1.82) is 5.26 Å². The summed E-state index contributed by atoms with van der Waals surface area (Å²) in [7, 11) is 0. The highest BCUT2D eigenvalue weighted by Crippen LogP contribution is 2.29. The molecule has 0 unspecified atom stereocenters. The van der Waals surface area contributed by atoms with Crippen LogP contribution in [0.2, 0.25) is 0 Å². The van der Waals surface area contributed by atoms with Gasteiger partial charge in [0.15, 0.2) is 4.34 Å². The first-order valence-electron chi connectivity index (χ1n) is 7.06. The number of hydrogen-bond acceptors (Lipinski definition) is 5. The number of fused-ring (bicyclic) bond motifs is 2. The number of thioether (sulfide) groups is 1. The summed E-state index contributed by atoms with van der Waals surface area (Å²) in [5, 5.41) is 8.97. The molecule has 23 heavy (non-hydrogen) atoms. The molecule has 6 heteroatoms. The summed E-state index contributed by atoms with van der Waals surface area (Å²) in [6, 6.07) is 12.2. The third kappa shape index (κ3) is 2.58. The molecule has 4 aromatic rings. The number of nitrogens with zero attached hydrogens (tertiary/aromatic N) is 4. The fourth-order valence-electron chi connectivity index (χ4n) is 2.59. The lowest BCUT2D eigenvalue weighted by atomic mass is 10.1. The zero-order valence-corrected chi connectivity index (χ0v) is 14.0. The van der Waals surface area contributed by atoms with Gasteiger partial charge in [-0.15, -0.1) is 11.3 Å². The van der Waals surface area contributed by atoms with Crippen molar-refractivity contribution in [2.24, 2.45) is 0 Å². The number of hydrogen-bond donors (Lipinski definition) is 0. The topological polar surface area (TPSA) is 54.0 Å². The minimum absolute atomic E-state index is 0.630. The van der Waals surface area contributed by atoms with E-state index >= 15 is 0 Å². The van der Waals surface area contributed by atoms with Crippen molar-refractivity contribution in [1.82, 2.24) is 14.4 Å². The van der Waals surface area contributed by atoms with E-state index in [4.69, 9.17) is 5.26 Å². The summed E-state index contributed by atoms with van der Waals surface area (Å²) in [5.74, 6) is 0. The molecule has 3 aromatic heterocycles. The van der Waals surface area contributed by atoms with Gasteiger partial charge in [-0.05, 0) is 36.1 Å². The van der Waals surface area contributed by atoms with Crippen molar-refractivity contribution < 1.29 is 0 Å². The maximum absolute atomic E-state index is 8.97. The number of aromatic nitrogens is 3. The zero-order chi connectivity index (χ0) is 15.8. The van der Waals surface area contributed by atoms with Gasteiger partial charge in [-0.25, -0.2) is 9.97 Å². The Bertz CT molecular complexity index is 1060. The molecule has 0 spiro atoms. The van der Waals surface area contributed by atoms with E-state index in [1.807, 2.05) is 29.1 Å². The molecule has 0 saturated carbocycles. The lowest BCUT2D eigenvalue weighted by molar-refractivity contribution is 1.03. The third-order valence-electron chi connectivity index (χ3n) is 3.71. The highest BCUT2D eigenvalue weighted by Gasteiger charge is 2.08. The quantitative estimate of drug-likeness (QED) is 0.528. The van der Waals surface area contributed by atoms with Crippen LogP contribution in [0.5, 0.6) is 0 Å². The Morgan fingerprint density at radius 1 is 1.30 bits per heavy atom. The molecule has 3 heterocycles. The van der Waals surface area contributed by atoms with Gasteiger partial charge in [-0.3, -0.25) is 0 Å². The maximum Gasteiger partial charge on any atom is 0.150 e. The van der Waals surface area contributed by atoms with Crippen molar-refractivity contribution >= 4 is 39.0 Å². The molecule has 0 aliphatic rings. The average Bonchev–Trinajstić information content (AvgIpc) is 3.17. The van der Waals surface area contributed by atoms with E-state index in [2.05, 4.69) is 34.2 Å². The molecule has 0 aliphatic heterocycles. The molecule has 0 N–H and O–H groups in total. The summed E-state index contributed by atoms with van der Waals surface area (Å²) in [5.41, 5.74) is 4.84. The van der Waals surface area contributed by atoms with Crippen LogP contribution in [0.1, 0.15) is 16.8 Å². The van der Waals surface area contributed by atoms with Crippen LogP contribution in [0.15, 0.2) is 47.1 Å². The van der Waals surface area contributed by atoms with Crippen LogP contribution in [-0.2, 0) is 6.42 Å². The number of nitriles is 1. The monoisotopic (exact) mass is 336 g/mol. The average molecular weight is 336 g/mol. The SMILES string of the molecule is CSc1nc2ccc(Cc3cnc4cc(C#N)ccn34)cc2s1. The van der Waals surface area contributed by atoms with Crippen LogP contribution in [0.25, 0.3) is 15.9 Å². The predicted octanol–water partition coefficient (Wildman–Crippen LogP) is 4.13. The van der Waals surface area contributed by atoms with E-state index in [9.17, 15) is 0 Å². The molecule has 0 atom stereocenters. The molecular formula is C17H12N4S2. The summed E-state index contributed by atoms with van der Waals surface area (Å²) >= 11 is 3.40. The molecule has 1 aromatic carbocycles. The minimum Gasteiger partial charge on any atom is -0.304 e. The molecule has 4 rings (SSSR count). The van der Waals surface area contributed by atoms with E-state index in [1.54, 1.807) is 29.2 Å². The Morgan fingerprint density at radius 3 is 3.04 bits per heavy atom.